The van der Waals surface area contributed by atoms with Crippen LogP contribution in [0.15, 0.2) is 35.9 Å². The van der Waals surface area contributed by atoms with E-state index in [2.05, 4.69) is 16.5 Å². The maximum atomic E-state index is 12.5. The molecule has 0 aliphatic heterocycles. The summed E-state index contributed by atoms with van der Waals surface area (Å²) in [5.41, 5.74) is 2.71. The first-order valence-electron chi connectivity index (χ1n) is 7.88. The van der Waals surface area contributed by atoms with Crippen LogP contribution in [0.5, 0.6) is 0 Å². The van der Waals surface area contributed by atoms with Crippen molar-refractivity contribution in [2.75, 3.05) is 0 Å². The van der Waals surface area contributed by atoms with Gasteiger partial charge in [-0.1, -0.05) is 44.1 Å². The van der Waals surface area contributed by atoms with Gasteiger partial charge in [-0.05, 0) is 19.8 Å². The van der Waals surface area contributed by atoms with E-state index in [0.717, 1.165) is 35.0 Å². The number of pyridine rings is 1. The van der Waals surface area contributed by atoms with Gasteiger partial charge in [-0.15, -0.1) is 0 Å². The second-order valence-electron chi connectivity index (χ2n) is 5.86. The highest BCUT2D eigenvalue weighted by Gasteiger charge is 2.20. The van der Waals surface area contributed by atoms with Crippen molar-refractivity contribution in [1.29, 1.82) is 0 Å². The van der Waals surface area contributed by atoms with Gasteiger partial charge in [0.05, 0.1) is 5.52 Å². The third kappa shape index (κ3) is 2.61. The van der Waals surface area contributed by atoms with Crippen LogP contribution in [0, 0.1) is 6.92 Å². The Morgan fingerprint density at radius 3 is 2.68 bits per heavy atom. The molecule has 0 atom stereocenters. The lowest BCUT2D eigenvalue weighted by molar-refractivity contribution is 0.351. The first-order valence-corrected chi connectivity index (χ1v) is 7.88. The summed E-state index contributed by atoms with van der Waals surface area (Å²) in [5, 5.41) is 0.916. The SMILES string of the molecule is C=C/C=C\c1c(C)ncc2cnc(=O)n(C3CCCCC3)c12. The molecule has 22 heavy (non-hydrogen) atoms. The van der Waals surface area contributed by atoms with E-state index < -0.39 is 0 Å². The van der Waals surface area contributed by atoms with Crippen LogP contribution in [0.25, 0.3) is 17.0 Å². The molecule has 3 rings (SSSR count). The first-order chi connectivity index (χ1) is 10.7. The summed E-state index contributed by atoms with van der Waals surface area (Å²) >= 11 is 0. The summed E-state index contributed by atoms with van der Waals surface area (Å²) < 4.78 is 1.89. The molecule has 4 nitrogen and oxygen atoms in total. The van der Waals surface area contributed by atoms with Crippen LogP contribution >= 0.6 is 0 Å². The van der Waals surface area contributed by atoms with E-state index in [-0.39, 0.29) is 11.7 Å². The lowest BCUT2D eigenvalue weighted by atomic mass is 9.94. The molecule has 0 N–H and O–H groups in total. The summed E-state index contributed by atoms with van der Waals surface area (Å²) in [6.45, 7) is 5.70. The van der Waals surface area contributed by atoms with Crippen molar-refractivity contribution in [3.63, 3.8) is 0 Å². The fourth-order valence-corrected chi connectivity index (χ4v) is 3.31. The van der Waals surface area contributed by atoms with Gasteiger partial charge in [-0.2, -0.15) is 0 Å². The Labute approximate surface area is 130 Å². The van der Waals surface area contributed by atoms with Crippen LogP contribution in [0.1, 0.15) is 49.4 Å². The number of fused-ring (bicyclic) bond motifs is 1. The summed E-state index contributed by atoms with van der Waals surface area (Å²) in [4.78, 5) is 20.9. The zero-order valence-electron chi connectivity index (χ0n) is 13.0. The molecule has 114 valence electrons. The Hall–Kier alpha value is -2.23. The van der Waals surface area contributed by atoms with Gasteiger partial charge in [0, 0.05) is 35.1 Å². The van der Waals surface area contributed by atoms with Gasteiger partial charge in [0.25, 0.3) is 0 Å². The molecule has 1 aliphatic rings. The van der Waals surface area contributed by atoms with Crippen molar-refractivity contribution in [2.24, 2.45) is 0 Å². The highest BCUT2D eigenvalue weighted by Crippen LogP contribution is 2.31. The number of aromatic nitrogens is 3. The predicted molar refractivity (Wildman–Crippen MR) is 89.9 cm³/mol. The van der Waals surface area contributed by atoms with Crippen molar-refractivity contribution < 1.29 is 0 Å². The lowest BCUT2D eigenvalue weighted by Gasteiger charge is -2.25. The number of hydrogen-bond donors (Lipinski definition) is 0. The van der Waals surface area contributed by atoms with Gasteiger partial charge in [0.1, 0.15) is 0 Å². The van der Waals surface area contributed by atoms with E-state index in [9.17, 15) is 4.79 Å². The molecule has 0 bridgehead atoms. The molecule has 2 aromatic rings. The molecule has 0 radical (unpaired) electrons. The number of nitrogens with zero attached hydrogens (tertiary/aromatic N) is 3. The number of hydrogen-bond acceptors (Lipinski definition) is 3. The normalized spacial score (nSPS) is 16.4. The molecule has 0 unspecified atom stereocenters. The van der Waals surface area contributed by atoms with Crippen LogP contribution in [0.4, 0.5) is 0 Å². The zero-order chi connectivity index (χ0) is 15.5. The van der Waals surface area contributed by atoms with Gasteiger partial charge in [0.2, 0.25) is 0 Å². The van der Waals surface area contributed by atoms with Gasteiger partial charge >= 0.3 is 5.69 Å². The zero-order valence-corrected chi connectivity index (χ0v) is 13.0. The molecular weight excluding hydrogens is 274 g/mol. The molecule has 0 saturated heterocycles. The first kappa shape index (κ1) is 14.7. The largest absolute Gasteiger partial charge is 0.348 e. The molecule has 1 saturated carbocycles. The van der Waals surface area contributed by atoms with Crippen molar-refractivity contribution >= 4 is 17.0 Å². The number of allylic oxidation sites excluding steroid dienone is 2. The van der Waals surface area contributed by atoms with Crippen LogP contribution in [-0.2, 0) is 0 Å². The fourth-order valence-electron chi connectivity index (χ4n) is 3.31. The molecule has 1 fully saturated rings. The minimum Gasteiger partial charge on any atom is -0.288 e. The van der Waals surface area contributed by atoms with E-state index in [1.54, 1.807) is 12.3 Å². The molecule has 0 amide bonds. The summed E-state index contributed by atoms with van der Waals surface area (Å²) in [7, 11) is 0. The molecule has 0 aromatic carbocycles. The number of rotatable bonds is 3. The molecular formula is C18H21N3O. The second kappa shape index (κ2) is 6.26. The van der Waals surface area contributed by atoms with Crippen molar-refractivity contribution in [1.82, 2.24) is 14.5 Å². The summed E-state index contributed by atoms with van der Waals surface area (Å²) in [5.74, 6) is 0. The molecule has 4 heteroatoms. The van der Waals surface area contributed by atoms with E-state index >= 15 is 0 Å². The highest BCUT2D eigenvalue weighted by atomic mass is 16.1. The molecule has 2 aromatic heterocycles. The minimum absolute atomic E-state index is 0.154. The lowest BCUT2D eigenvalue weighted by Crippen LogP contribution is -2.29. The van der Waals surface area contributed by atoms with Gasteiger partial charge in [-0.25, -0.2) is 9.78 Å². The Bertz CT molecular complexity index is 783. The van der Waals surface area contributed by atoms with E-state index in [0.29, 0.717) is 0 Å². The molecule has 2 heterocycles. The Kier molecular flexibility index (Phi) is 4.18. The third-order valence-electron chi connectivity index (χ3n) is 4.42. The van der Waals surface area contributed by atoms with Crippen LogP contribution < -0.4 is 5.69 Å². The quantitative estimate of drug-likeness (QED) is 0.809. The summed E-state index contributed by atoms with van der Waals surface area (Å²) in [6, 6.07) is 0.245. The van der Waals surface area contributed by atoms with Crippen LogP contribution in [0.2, 0.25) is 0 Å². The van der Waals surface area contributed by atoms with Crippen LogP contribution in [-0.4, -0.2) is 14.5 Å². The molecule has 0 spiro atoms. The smallest absolute Gasteiger partial charge is 0.288 e. The molecule has 1 aliphatic carbocycles. The van der Waals surface area contributed by atoms with Crippen molar-refractivity contribution in [3.8, 4) is 0 Å². The van der Waals surface area contributed by atoms with E-state index in [1.807, 2.05) is 29.8 Å². The topological polar surface area (TPSA) is 47.8 Å². The van der Waals surface area contributed by atoms with Gasteiger partial charge < -0.3 is 0 Å². The highest BCUT2D eigenvalue weighted by molar-refractivity contribution is 5.87. The van der Waals surface area contributed by atoms with Crippen molar-refractivity contribution in [3.05, 3.63) is 52.9 Å². The minimum atomic E-state index is -0.154. The maximum absolute atomic E-state index is 12.5. The third-order valence-corrected chi connectivity index (χ3v) is 4.42. The van der Waals surface area contributed by atoms with Crippen LogP contribution in [0.3, 0.4) is 0 Å². The average Bonchev–Trinajstić information content (AvgIpc) is 2.55. The standard InChI is InChI=1S/C18H21N3O/c1-3-4-10-16-13(2)19-11-14-12-20-18(22)21(17(14)16)15-8-6-5-7-9-15/h3-4,10-12,15H,1,5-9H2,2H3/b10-4-. The van der Waals surface area contributed by atoms with E-state index in [4.69, 9.17) is 0 Å². The Morgan fingerprint density at radius 2 is 1.95 bits per heavy atom. The van der Waals surface area contributed by atoms with Gasteiger partial charge in [0.15, 0.2) is 0 Å². The summed E-state index contributed by atoms with van der Waals surface area (Å²) in [6.07, 6.45) is 14.8. The average molecular weight is 295 g/mol. The maximum Gasteiger partial charge on any atom is 0.348 e. The number of aryl methyl sites for hydroxylation is 1. The van der Waals surface area contributed by atoms with Crippen molar-refractivity contribution in [2.45, 2.75) is 45.1 Å². The van der Waals surface area contributed by atoms with Gasteiger partial charge in [-0.3, -0.25) is 9.55 Å². The Morgan fingerprint density at radius 1 is 1.23 bits per heavy atom. The van der Waals surface area contributed by atoms with E-state index in [1.165, 1.54) is 19.3 Å². The Balaban J connectivity index is 2.31. The second-order valence-corrected chi connectivity index (χ2v) is 5.86. The predicted octanol–water partition coefficient (Wildman–Crippen LogP) is 3.80. The monoisotopic (exact) mass is 295 g/mol. The fraction of sp³-hybridized carbons (Fsp3) is 0.389.